The highest BCUT2D eigenvalue weighted by atomic mass is 19.1. The van der Waals surface area contributed by atoms with Crippen molar-refractivity contribution in [2.45, 2.75) is 0 Å². The molecular weight excluding hydrogens is 387 g/mol. The van der Waals surface area contributed by atoms with Gasteiger partial charge in [-0.25, -0.2) is 14.2 Å². The third kappa shape index (κ3) is 4.12. The number of ether oxygens (including phenoxy) is 1. The molecule has 30 heavy (non-hydrogen) atoms. The molecule has 4 rings (SSSR count). The van der Waals surface area contributed by atoms with Gasteiger partial charge < -0.3 is 15.0 Å². The number of aromatic nitrogens is 2. The van der Waals surface area contributed by atoms with E-state index in [0.717, 1.165) is 16.6 Å². The van der Waals surface area contributed by atoms with Crippen LogP contribution in [0.1, 0.15) is 10.4 Å². The third-order valence-corrected chi connectivity index (χ3v) is 4.44. The number of anilines is 2. The lowest BCUT2D eigenvalue weighted by atomic mass is 10.2. The average molecular weight is 404 g/mol. The topological polar surface area (TPSA) is 96.1 Å². The molecule has 3 aromatic carbocycles. The van der Waals surface area contributed by atoms with Crippen LogP contribution in [0, 0.1) is 5.82 Å². The summed E-state index contributed by atoms with van der Waals surface area (Å²) in [6.45, 7) is 0. The zero-order valence-electron chi connectivity index (χ0n) is 15.9. The van der Waals surface area contributed by atoms with Crippen LogP contribution in [0.3, 0.4) is 0 Å². The summed E-state index contributed by atoms with van der Waals surface area (Å²) in [4.78, 5) is 31.4. The van der Waals surface area contributed by atoms with E-state index < -0.39 is 6.09 Å². The van der Waals surface area contributed by atoms with Gasteiger partial charge in [0.25, 0.3) is 5.91 Å². The van der Waals surface area contributed by atoms with Crippen molar-refractivity contribution in [2.24, 2.45) is 0 Å². The SMILES string of the molecule is COC(=O)Nc1ccc(C(=O)Nc2ccc3nc(-c4ccc(F)cc4)[nH]c3c2)cc1. The van der Waals surface area contributed by atoms with Gasteiger partial charge >= 0.3 is 6.09 Å². The molecule has 8 heteroatoms. The highest BCUT2D eigenvalue weighted by molar-refractivity contribution is 6.05. The Morgan fingerprint density at radius 1 is 0.933 bits per heavy atom. The van der Waals surface area contributed by atoms with E-state index in [0.29, 0.717) is 22.8 Å². The quantitative estimate of drug-likeness (QED) is 0.455. The van der Waals surface area contributed by atoms with Gasteiger partial charge in [0.1, 0.15) is 11.6 Å². The van der Waals surface area contributed by atoms with E-state index in [1.165, 1.54) is 19.2 Å². The van der Waals surface area contributed by atoms with Gasteiger partial charge in [-0.15, -0.1) is 0 Å². The predicted molar refractivity (Wildman–Crippen MR) is 112 cm³/mol. The van der Waals surface area contributed by atoms with Gasteiger partial charge in [-0.1, -0.05) is 0 Å². The second kappa shape index (κ2) is 8.04. The maximum atomic E-state index is 13.1. The van der Waals surface area contributed by atoms with E-state index in [4.69, 9.17) is 0 Å². The van der Waals surface area contributed by atoms with Gasteiger partial charge in [-0.3, -0.25) is 10.1 Å². The standard InChI is InChI=1S/C22H17FN4O3/c1-30-22(29)25-16-8-4-14(5-9-16)21(28)24-17-10-11-18-19(12-17)27-20(26-18)13-2-6-15(23)7-3-13/h2-12H,1H3,(H,24,28)(H,25,29)(H,26,27). The van der Waals surface area contributed by atoms with Crippen molar-refractivity contribution in [3.05, 3.63) is 78.1 Å². The van der Waals surface area contributed by atoms with Crippen LogP contribution in [-0.2, 0) is 4.74 Å². The minimum atomic E-state index is -0.583. The molecule has 0 radical (unpaired) electrons. The first kappa shape index (κ1) is 19.1. The first-order chi connectivity index (χ1) is 14.5. The summed E-state index contributed by atoms with van der Waals surface area (Å²) < 4.78 is 17.6. The highest BCUT2D eigenvalue weighted by Gasteiger charge is 2.10. The number of hydrogen-bond acceptors (Lipinski definition) is 4. The number of aromatic amines is 1. The van der Waals surface area contributed by atoms with Crippen molar-refractivity contribution in [3.8, 4) is 11.4 Å². The minimum Gasteiger partial charge on any atom is -0.453 e. The van der Waals surface area contributed by atoms with Crippen molar-refractivity contribution in [1.29, 1.82) is 0 Å². The minimum absolute atomic E-state index is 0.294. The first-order valence-corrected chi connectivity index (χ1v) is 9.04. The molecule has 3 N–H and O–H groups in total. The number of nitrogens with zero attached hydrogens (tertiary/aromatic N) is 1. The Balaban J connectivity index is 1.50. The van der Waals surface area contributed by atoms with E-state index in [1.807, 2.05) is 0 Å². The van der Waals surface area contributed by atoms with Gasteiger partial charge in [0.15, 0.2) is 0 Å². The van der Waals surface area contributed by atoms with Crippen LogP contribution in [0.25, 0.3) is 22.4 Å². The van der Waals surface area contributed by atoms with E-state index in [1.54, 1.807) is 54.6 Å². The van der Waals surface area contributed by atoms with Crippen molar-refractivity contribution in [3.63, 3.8) is 0 Å². The van der Waals surface area contributed by atoms with Crippen LogP contribution in [0.15, 0.2) is 66.7 Å². The van der Waals surface area contributed by atoms with E-state index in [-0.39, 0.29) is 11.7 Å². The summed E-state index contributed by atoms with van der Waals surface area (Å²) in [5.41, 5.74) is 3.78. The van der Waals surface area contributed by atoms with Crippen LogP contribution < -0.4 is 10.6 Å². The summed E-state index contributed by atoms with van der Waals surface area (Å²) >= 11 is 0. The monoisotopic (exact) mass is 404 g/mol. The molecular formula is C22H17FN4O3. The number of nitrogens with one attached hydrogen (secondary N) is 3. The molecule has 2 amide bonds. The maximum absolute atomic E-state index is 13.1. The lowest BCUT2D eigenvalue weighted by Gasteiger charge is -2.07. The van der Waals surface area contributed by atoms with Crippen LogP contribution in [0.2, 0.25) is 0 Å². The Bertz CT molecular complexity index is 1220. The van der Waals surface area contributed by atoms with Crippen molar-refractivity contribution >= 4 is 34.4 Å². The Kier molecular flexibility index (Phi) is 5.13. The number of carbonyl (C=O) groups excluding carboxylic acids is 2. The fourth-order valence-electron chi connectivity index (χ4n) is 2.91. The average Bonchev–Trinajstić information content (AvgIpc) is 3.18. The van der Waals surface area contributed by atoms with Gasteiger partial charge in [-0.2, -0.15) is 0 Å². The number of carbonyl (C=O) groups is 2. The van der Waals surface area contributed by atoms with Gasteiger partial charge in [-0.05, 0) is 66.7 Å². The van der Waals surface area contributed by atoms with Crippen molar-refractivity contribution in [1.82, 2.24) is 9.97 Å². The number of halogens is 1. The fraction of sp³-hybridized carbons (Fsp3) is 0.0455. The normalized spacial score (nSPS) is 10.6. The molecule has 0 aliphatic carbocycles. The Hall–Kier alpha value is -4.20. The lowest BCUT2D eigenvalue weighted by Crippen LogP contribution is -2.13. The molecule has 4 aromatic rings. The summed E-state index contributed by atoms with van der Waals surface area (Å²) in [6.07, 6.45) is -0.583. The maximum Gasteiger partial charge on any atom is 0.411 e. The Morgan fingerprint density at radius 2 is 1.63 bits per heavy atom. The lowest BCUT2D eigenvalue weighted by molar-refractivity contribution is 0.102. The molecule has 1 aromatic heterocycles. The van der Waals surface area contributed by atoms with Crippen LogP contribution in [0.4, 0.5) is 20.6 Å². The van der Waals surface area contributed by atoms with E-state index in [2.05, 4.69) is 25.3 Å². The second-order valence-corrected chi connectivity index (χ2v) is 6.47. The number of imidazole rings is 1. The van der Waals surface area contributed by atoms with Gasteiger partial charge in [0, 0.05) is 22.5 Å². The Labute approximate surface area is 170 Å². The molecule has 150 valence electrons. The molecule has 0 spiro atoms. The molecule has 0 unspecified atom stereocenters. The molecule has 0 bridgehead atoms. The number of H-pyrrole nitrogens is 1. The zero-order chi connectivity index (χ0) is 21.1. The van der Waals surface area contributed by atoms with Crippen LogP contribution >= 0.6 is 0 Å². The summed E-state index contributed by atoms with van der Waals surface area (Å²) in [7, 11) is 1.27. The van der Waals surface area contributed by atoms with Crippen LogP contribution in [-0.4, -0.2) is 29.1 Å². The first-order valence-electron chi connectivity index (χ1n) is 9.04. The highest BCUT2D eigenvalue weighted by Crippen LogP contribution is 2.23. The molecule has 0 aliphatic heterocycles. The molecule has 7 nitrogen and oxygen atoms in total. The number of hydrogen-bond donors (Lipinski definition) is 3. The molecule has 0 saturated heterocycles. The zero-order valence-corrected chi connectivity index (χ0v) is 15.9. The fourth-order valence-corrected chi connectivity index (χ4v) is 2.91. The Morgan fingerprint density at radius 3 is 2.33 bits per heavy atom. The van der Waals surface area contributed by atoms with Crippen molar-refractivity contribution < 1.29 is 18.7 Å². The molecule has 0 aliphatic rings. The van der Waals surface area contributed by atoms with E-state index >= 15 is 0 Å². The smallest absolute Gasteiger partial charge is 0.411 e. The third-order valence-electron chi connectivity index (χ3n) is 4.44. The largest absolute Gasteiger partial charge is 0.453 e. The molecule has 0 fully saturated rings. The molecule has 1 heterocycles. The molecule has 0 saturated carbocycles. The second-order valence-electron chi connectivity index (χ2n) is 6.47. The number of rotatable bonds is 4. The molecule has 0 atom stereocenters. The van der Waals surface area contributed by atoms with Crippen molar-refractivity contribution in [2.75, 3.05) is 17.7 Å². The van der Waals surface area contributed by atoms with Gasteiger partial charge in [0.2, 0.25) is 0 Å². The number of benzene rings is 3. The predicted octanol–water partition coefficient (Wildman–Crippen LogP) is 4.80. The number of fused-ring (bicyclic) bond motifs is 1. The number of methoxy groups -OCH3 is 1. The summed E-state index contributed by atoms with van der Waals surface area (Å²) in [5, 5.41) is 5.35. The van der Waals surface area contributed by atoms with E-state index in [9.17, 15) is 14.0 Å². The van der Waals surface area contributed by atoms with Crippen LogP contribution in [0.5, 0.6) is 0 Å². The van der Waals surface area contributed by atoms with Gasteiger partial charge in [0.05, 0.1) is 18.1 Å². The number of amides is 2. The summed E-state index contributed by atoms with van der Waals surface area (Å²) in [6, 6.07) is 17.8. The summed E-state index contributed by atoms with van der Waals surface area (Å²) in [5.74, 6) is 0.00776.